The van der Waals surface area contributed by atoms with Gasteiger partial charge in [-0.2, -0.15) is 0 Å². The minimum Gasteiger partial charge on any atom is -0.497 e. The lowest BCUT2D eigenvalue weighted by Gasteiger charge is -2.29. The van der Waals surface area contributed by atoms with Crippen LogP contribution in [-0.4, -0.2) is 48.6 Å². The first kappa shape index (κ1) is 19.7. The summed E-state index contributed by atoms with van der Waals surface area (Å²) in [6.07, 6.45) is 5.98. The van der Waals surface area contributed by atoms with Crippen molar-refractivity contribution in [2.24, 2.45) is 11.8 Å². The number of carbonyl (C=O) groups excluding carboxylic acids is 1. The number of likely N-dealkylation sites (tertiary alicyclic amines) is 1. The third-order valence-electron chi connectivity index (χ3n) is 5.95. The van der Waals surface area contributed by atoms with E-state index in [1.54, 1.807) is 7.11 Å². The molecule has 1 aliphatic heterocycles. The van der Waals surface area contributed by atoms with Gasteiger partial charge in [-0.3, -0.25) is 14.5 Å². The maximum Gasteiger partial charge on any atom is 0.316 e. The van der Waals surface area contributed by atoms with E-state index in [1.165, 1.54) is 0 Å². The molecule has 2 fully saturated rings. The molecule has 1 aromatic carbocycles. The summed E-state index contributed by atoms with van der Waals surface area (Å²) >= 11 is 0. The van der Waals surface area contributed by atoms with Crippen molar-refractivity contribution in [2.45, 2.75) is 44.6 Å². The number of rotatable bonds is 8. The van der Waals surface area contributed by atoms with Crippen molar-refractivity contribution >= 4 is 11.9 Å². The number of ether oxygens (including phenoxy) is 1. The van der Waals surface area contributed by atoms with Crippen molar-refractivity contribution in [3.8, 4) is 5.75 Å². The summed E-state index contributed by atoms with van der Waals surface area (Å²) < 4.78 is 5.35. The highest BCUT2D eigenvalue weighted by atomic mass is 16.5. The quantitative estimate of drug-likeness (QED) is 0.684. The molecule has 148 valence electrons. The van der Waals surface area contributed by atoms with Crippen LogP contribution in [0.3, 0.4) is 0 Å². The number of methoxy groups -OCH3 is 1. The number of nitrogens with zero attached hydrogens (tertiary/aromatic N) is 1. The van der Waals surface area contributed by atoms with Crippen LogP contribution < -0.4 is 10.1 Å². The van der Waals surface area contributed by atoms with Crippen LogP contribution in [0.2, 0.25) is 0 Å². The molecular weight excluding hydrogens is 344 g/mol. The van der Waals surface area contributed by atoms with Gasteiger partial charge in [-0.15, -0.1) is 0 Å². The van der Waals surface area contributed by atoms with Gasteiger partial charge in [-0.05, 0) is 62.4 Å². The summed E-state index contributed by atoms with van der Waals surface area (Å²) in [5.41, 5.74) is 1.09. The van der Waals surface area contributed by atoms with E-state index in [4.69, 9.17) is 4.74 Å². The maximum absolute atomic E-state index is 12.7. The summed E-state index contributed by atoms with van der Waals surface area (Å²) in [5.74, 6) is -1.53. The Balaban J connectivity index is 1.71. The summed E-state index contributed by atoms with van der Waals surface area (Å²) in [4.78, 5) is 26.8. The molecule has 1 aliphatic carbocycles. The second kappa shape index (κ2) is 9.22. The molecule has 6 heteroatoms. The molecule has 0 bridgehead atoms. The normalized spacial score (nSPS) is 20.3. The molecule has 1 heterocycles. The minimum absolute atomic E-state index is 0.0320. The first-order valence-electron chi connectivity index (χ1n) is 9.98. The van der Waals surface area contributed by atoms with Crippen molar-refractivity contribution in [3.05, 3.63) is 29.8 Å². The fraction of sp³-hybridized carbons (Fsp3) is 0.619. The Morgan fingerprint density at radius 3 is 2.56 bits per heavy atom. The van der Waals surface area contributed by atoms with Gasteiger partial charge >= 0.3 is 5.97 Å². The largest absolute Gasteiger partial charge is 0.497 e. The van der Waals surface area contributed by atoms with E-state index in [0.717, 1.165) is 62.9 Å². The summed E-state index contributed by atoms with van der Waals surface area (Å²) in [7, 11) is 1.64. The Morgan fingerprint density at radius 1 is 1.22 bits per heavy atom. The molecule has 1 amide bonds. The van der Waals surface area contributed by atoms with Crippen molar-refractivity contribution < 1.29 is 19.4 Å². The second-order valence-corrected chi connectivity index (χ2v) is 7.64. The Labute approximate surface area is 160 Å². The number of hydrogen-bond acceptors (Lipinski definition) is 4. The van der Waals surface area contributed by atoms with Crippen LogP contribution >= 0.6 is 0 Å². The van der Waals surface area contributed by atoms with Gasteiger partial charge in [0.25, 0.3) is 0 Å². The number of benzene rings is 1. The second-order valence-electron chi connectivity index (χ2n) is 7.64. The van der Waals surface area contributed by atoms with E-state index in [-0.39, 0.29) is 17.9 Å². The molecule has 2 aliphatic rings. The molecule has 0 radical (unpaired) electrons. The fourth-order valence-electron chi connectivity index (χ4n) is 4.49. The van der Waals surface area contributed by atoms with Gasteiger partial charge in [0, 0.05) is 6.54 Å². The maximum atomic E-state index is 12.7. The van der Waals surface area contributed by atoms with Crippen molar-refractivity contribution in [3.63, 3.8) is 0 Å². The van der Waals surface area contributed by atoms with Crippen LogP contribution in [-0.2, 0) is 9.59 Å². The molecule has 1 saturated heterocycles. The lowest BCUT2D eigenvalue weighted by molar-refractivity contribution is -0.149. The molecule has 2 atom stereocenters. The molecule has 2 unspecified atom stereocenters. The van der Waals surface area contributed by atoms with Crippen molar-refractivity contribution in [2.75, 3.05) is 26.7 Å². The van der Waals surface area contributed by atoms with Gasteiger partial charge in [0.05, 0.1) is 13.2 Å². The summed E-state index contributed by atoms with van der Waals surface area (Å²) in [5, 5.41) is 12.5. The number of carboxylic acid groups (broad SMARTS) is 1. The first-order chi connectivity index (χ1) is 13.1. The van der Waals surface area contributed by atoms with Crippen LogP contribution in [0.4, 0.5) is 0 Å². The van der Waals surface area contributed by atoms with Crippen LogP contribution in [0, 0.1) is 11.8 Å². The number of nitrogens with one attached hydrogen (secondary N) is 1. The van der Waals surface area contributed by atoms with Gasteiger partial charge in [-0.1, -0.05) is 25.0 Å². The van der Waals surface area contributed by atoms with E-state index in [2.05, 4.69) is 10.2 Å². The summed E-state index contributed by atoms with van der Waals surface area (Å²) in [6, 6.07) is 7.94. The van der Waals surface area contributed by atoms with E-state index >= 15 is 0 Å². The first-order valence-corrected chi connectivity index (χ1v) is 9.98. The van der Waals surface area contributed by atoms with Crippen molar-refractivity contribution in [1.82, 2.24) is 10.2 Å². The van der Waals surface area contributed by atoms with E-state index in [0.29, 0.717) is 6.54 Å². The Hall–Kier alpha value is -2.08. The van der Waals surface area contributed by atoms with Gasteiger partial charge in [-0.25, -0.2) is 0 Å². The van der Waals surface area contributed by atoms with Gasteiger partial charge in [0.2, 0.25) is 5.91 Å². The van der Waals surface area contributed by atoms with Crippen molar-refractivity contribution in [1.29, 1.82) is 0 Å². The van der Waals surface area contributed by atoms with E-state index in [1.807, 2.05) is 24.3 Å². The number of aliphatic carboxylic acids is 1. The lowest BCUT2D eigenvalue weighted by Crippen LogP contribution is -2.43. The van der Waals surface area contributed by atoms with E-state index < -0.39 is 11.9 Å². The third-order valence-corrected chi connectivity index (χ3v) is 5.95. The van der Waals surface area contributed by atoms with Crippen LogP contribution in [0.1, 0.15) is 50.1 Å². The molecule has 3 rings (SSSR count). The number of carboxylic acids is 1. The van der Waals surface area contributed by atoms with Gasteiger partial charge in [0.15, 0.2) is 0 Å². The zero-order chi connectivity index (χ0) is 19.2. The average Bonchev–Trinajstić information content (AvgIpc) is 3.36. The van der Waals surface area contributed by atoms with Crippen LogP contribution in [0.5, 0.6) is 5.75 Å². The highest BCUT2D eigenvalue weighted by Gasteiger charge is 2.36. The molecule has 0 spiro atoms. The zero-order valence-electron chi connectivity index (χ0n) is 16.0. The zero-order valence-corrected chi connectivity index (χ0v) is 16.0. The molecule has 0 aromatic heterocycles. The fourth-order valence-corrected chi connectivity index (χ4v) is 4.49. The molecule has 27 heavy (non-hydrogen) atoms. The molecule has 6 nitrogen and oxygen atoms in total. The van der Waals surface area contributed by atoms with Crippen LogP contribution in [0.15, 0.2) is 24.3 Å². The van der Waals surface area contributed by atoms with Gasteiger partial charge < -0.3 is 15.2 Å². The Kier molecular flexibility index (Phi) is 6.72. The SMILES string of the molecule is COc1cccc(C(CNC(=O)C(C(=O)O)C2CCCC2)N2CCCC2)c1. The smallest absolute Gasteiger partial charge is 0.316 e. The Morgan fingerprint density at radius 2 is 1.93 bits per heavy atom. The van der Waals surface area contributed by atoms with Crippen LogP contribution in [0.25, 0.3) is 0 Å². The highest BCUT2D eigenvalue weighted by Crippen LogP contribution is 2.32. The standard InChI is InChI=1S/C21H30N2O4/c1-27-17-10-6-9-16(13-17)18(23-11-4-5-12-23)14-22-20(24)19(21(25)26)15-7-2-3-8-15/h6,9-10,13,15,18-19H,2-5,7-8,11-12,14H2,1H3,(H,22,24)(H,25,26). The third kappa shape index (κ3) is 4.80. The molecular formula is C21H30N2O4. The number of carbonyl (C=O) groups is 2. The average molecular weight is 374 g/mol. The predicted molar refractivity (Wildman–Crippen MR) is 103 cm³/mol. The summed E-state index contributed by atoms with van der Waals surface area (Å²) in [6.45, 7) is 2.40. The minimum atomic E-state index is -1.00. The lowest BCUT2D eigenvalue weighted by atomic mass is 9.90. The number of amides is 1. The molecule has 1 saturated carbocycles. The van der Waals surface area contributed by atoms with E-state index in [9.17, 15) is 14.7 Å². The monoisotopic (exact) mass is 374 g/mol. The number of hydrogen-bond donors (Lipinski definition) is 2. The topological polar surface area (TPSA) is 78.9 Å². The molecule has 1 aromatic rings. The Bertz CT molecular complexity index is 651. The highest BCUT2D eigenvalue weighted by molar-refractivity contribution is 5.97. The molecule has 2 N–H and O–H groups in total. The predicted octanol–water partition coefficient (Wildman–Crippen LogP) is 2.84. The van der Waals surface area contributed by atoms with Gasteiger partial charge in [0.1, 0.15) is 11.7 Å².